The zero-order valence-corrected chi connectivity index (χ0v) is 13.3. The molecule has 0 fully saturated rings. The molecule has 0 aliphatic rings. The van der Waals surface area contributed by atoms with E-state index >= 15 is 0 Å². The average molecular weight is 291 g/mol. The number of carboxylic acids is 1. The Hall–Kier alpha value is -1.81. The molecule has 21 heavy (non-hydrogen) atoms. The normalized spacial score (nSPS) is 12.8. The number of ether oxygens (including phenoxy) is 1. The van der Waals surface area contributed by atoms with Gasteiger partial charge in [0.2, 0.25) is 0 Å². The van der Waals surface area contributed by atoms with E-state index in [1.54, 1.807) is 13.2 Å². The quantitative estimate of drug-likeness (QED) is 0.747. The molecule has 0 saturated heterocycles. The van der Waals surface area contributed by atoms with Crippen LogP contribution < -0.4 is 4.74 Å². The Bertz CT molecular complexity index is 497. The van der Waals surface area contributed by atoms with Crippen LogP contribution in [0.2, 0.25) is 0 Å². The van der Waals surface area contributed by atoms with Crippen molar-refractivity contribution in [2.75, 3.05) is 20.7 Å². The topological polar surface area (TPSA) is 49.8 Å². The van der Waals surface area contributed by atoms with Gasteiger partial charge in [-0.1, -0.05) is 26.3 Å². The molecule has 1 unspecified atom stereocenters. The molecule has 0 radical (unpaired) electrons. The van der Waals surface area contributed by atoms with Gasteiger partial charge in [0, 0.05) is 19.2 Å². The van der Waals surface area contributed by atoms with Crippen molar-refractivity contribution in [3.8, 4) is 5.75 Å². The Kier molecular flexibility index (Phi) is 6.96. The molecule has 116 valence electrons. The molecule has 1 rings (SSSR count). The molecule has 1 aromatic rings. The molecule has 0 saturated carbocycles. The predicted octanol–water partition coefficient (Wildman–Crippen LogP) is 3.27. The van der Waals surface area contributed by atoms with Crippen LogP contribution in [-0.2, 0) is 11.3 Å². The molecule has 4 heteroatoms. The molecule has 0 aliphatic heterocycles. The average Bonchev–Trinajstić information content (AvgIpc) is 2.45. The largest absolute Gasteiger partial charge is 0.497 e. The standard InChI is InChI=1S/C17H25NO3/c1-5-13(2)11-18(3)12-15-10-16(21-4)8-6-14(15)7-9-17(19)20/h6-10,13H,5,11-12H2,1-4H3,(H,19,20). The van der Waals surface area contributed by atoms with Crippen LogP contribution in [0.1, 0.15) is 31.4 Å². The molecule has 1 N–H and O–H groups in total. The second-order valence-electron chi connectivity index (χ2n) is 5.45. The lowest BCUT2D eigenvalue weighted by Crippen LogP contribution is -2.24. The number of hydrogen-bond acceptors (Lipinski definition) is 3. The van der Waals surface area contributed by atoms with E-state index in [1.807, 2.05) is 18.2 Å². The molecule has 0 heterocycles. The third-order valence-electron chi connectivity index (χ3n) is 3.52. The fraction of sp³-hybridized carbons (Fsp3) is 0.471. The zero-order valence-electron chi connectivity index (χ0n) is 13.3. The highest BCUT2D eigenvalue weighted by molar-refractivity contribution is 5.85. The molecular weight excluding hydrogens is 266 g/mol. The smallest absolute Gasteiger partial charge is 0.328 e. The van der Waals surface area contributed by atoms with Gasteiger partial charge in [0.05, 0.1) is 7.11 Å². The van der Waals surface area contributed by atoms with Crippen LogP contribution in [-0.4, -0.2) is 36.7 Å². The van der Waals surface area contributed by atoms with Gasteiger partial charge in [0.15, 0.2) is 0 Å². The lowest BCUT2D eigenvalue weighted by molar-refractivity contribution is -0.131. The highest BCUT2D eigenvalue weighted by Gasteiger charge is 2.09. The lowest BCUT2D eigenvalue weighted by atomic mass is 10.0. The molecule has 0 aliphatic carbocycles. The van der Waals surface area contributed by atoms with Crippen molar-refractivity contribution < 1.29 is 14.6 Å². The number of hydrogen-bond donors (Lipinski definition) is 1. The Labute approximate surface area is 127 Å². The van der Waals surface area contributed by atoms with E-state index in [2.05, 4.69) is 25.8 Å². The molecule has 0 spiro atoms. The summed E-state index contributed by atoms with van der Waals surface area (Å²) in [6, 6.07) is 5.71. The number of aliphatic carboxylic acids is 1. The minimum Gasteiger partial charge on any atom is -0.497 e. The third kappa shape index (κ3) is 6.00. The summed E-state index contributed by atoms with van der Waals surface area (Å²) in [6.45, 7) is 6.19. The molecule has 0 amide bonds. The van der Waals surface area contributed by atoms with Gasteiger partial charge < -0.3 is 14.7 Å². The van der Waals surface area contributed by atoms with Gasteiger partial charge in [-0.05, 0) is 42.3 Å². The molecule has 4 nitrogen and oxygen atoms in total. The van der Waals surface area contributed by atoms with Crippen LogP contribution >= 0.6 is 0 Å². The number of carbonyl (C=O) groups is 1. The van der Waals surface area contributed by atoms with E-state index in [0.29, 0.717) is 5.92 Å². The van der Waals surface area contributed by atoms with Crippen LogP contribution in [0.5, 0.6) is 5.75 Å². The number of carboxylic acid groups (broad SMARTS) is 1. The Morgan fingerprint density at radius 2 is 2.19 bits per heavy atom. The second-order valence-corrected chi connectivity index (χ2v) is 5.45. The summed E-state index contributed by atoms with van der Waals surface area (Å²) in [7, 11) is 3.71. The fourth-order valence-electron chi connectivity index (χ4n) is 2.19. The van der Waals surface area contributed by atoms with Gasteiger partial charge in [0.1, 0.15) is 5.75 Å². The Balaban J connectivity index is 2.93. The first-order valence-corrected chi connectivity index (χ1v) is 7.22. The van der Waals surface area contributed by atoms with E-state index in [0.717, 1.165) is 36.4 Å². The van der Waals surface area contributed by atoms with Crippen molar-refractivity contribution >= 4 is 12.0 Å². The monoisotopic (exact) mass is 291 g/mol. The van der Waals surface area contributed by atoms with Crippen molar-refractivity contribution in [1.82, 2.24) is 4.90 Å². The fourth-order valence-corrected chi connectivity index (χ4v) is 2.19. The maximum atomic E-state index is 10.7. The van der Waals surface area contributed by atoms with Crippen LogP contribution in [0.3, 0.4) is 0 Å². The van der Waals surface area contributed by atoms with Crippen LogP contribution in [0.25, 0.3) is 6.08 Å². The Morgan fingerprint density at radius 1 is 1.48 bits per heavy atom. The summed E-state index contributed by atoms with van der Waals surface area (Å²) >= 11 is 0. The van der Waals surface area contributed by atoms with E-state index in [9.17, 15) is 4.79 Å². The zero-order chi connectivity index (χ0) is 15.8. The van der Waals surface area contributed by atoms with Gasteiger partial charge in [-0.15, -0.1) is 0 Å². The van der Waals surface area contributed by atoms with Gasteiger partial charge in [-0.25, -0.2) is 4.79 Å². The summed E-state index contributed by atoms with van der Waals surface area (Å²) in [6.07, 6.45) is 3.95. The van der Waals surface area contributed by atoms with Gasteiger partial charge in [-0.3, -0.25) is 0 Å². The van der Waals surface area contributed by atoms with Gasteiger partial charge in [0.25, 0.3) is 0 Å². The maximum absolute atomic E-state index is 10.7. The van der Waals surface area contributed by atoms with E-state index < -0.39 is 5.97 Å². The summed E-state index contributed by atoms with van der Waals surface area (Å²) in [4.78, 5) is 12.9. The Morgan fingerprint density at radius 3 is 2.76 bits per heavy atom. The number of nitrogens with zero attached hydrogens (tertiary/aromatic N) is 1. The minimum atomic E-state index is -0.940. The summed E-state index contributed by atoms with van der Waals surface area (Å²) in [5.41, 5.74) is 1.98. The molecular formula is C17H25NO3. The highest BCUT2D eigenvalue weighted by atomic mass is 16.5. The molecule has 1 atom stereocenters. The first kappa shape index (κ1) is 17.2. The minimum absolute atomic E-state index is 0.638. The number of rotatable bonds is 8. The van der Waals surface area contributed by atoms with Crippen molar-refractivity contribution in [1.29, 1.82) is 0 Å². The summed E-state index contributed by atoms with van der Waals surface area (Å²) in [5, 5.41) is 8.78. The van der Waals surface area contributed by atoms with Crippen molar-refractivity contribution in [3.63, 3.8) is 0 Å². The SMILES string of the molecule is CCC(C)CN(C)Cc1cc(OC)ccc1C=CC(=O)O. The van der Waals surface area contributed by atoms with Crippen LogP contribution in [0.15, 0.2) is 24.3 Å². The summed E-state index contributed by atoms with van der Waals surface area (Å²) in [5.74, 6) is 0.484. The lowest BCUT2D eigenvalue weighted by Gasteiger charge is -2.21. The van der Waals surface area contributed by atoms with Crippen molar-refractivity contribution in [2.24, 2.45) is 5.92 Å². The van der Waals surface area contributed by atoms with E-state index in [1.165, 1.54) is 6.08 Å². The van der Waals surface area contributed by atoms with Crippen molar-refractivity contribution in [3.05, 3.63) is 35.4 Å². The molecule has 1 aromatic carbocycles. The first-order chi connectivity index (χ1) is 9.96. The van der Waals surface area contributed by atoms with Gasteiger partial charge >= 0.3 is 5.97 Å². The van der Waals surface area contributed by atoms with Crippen LogP contribution in [0.4, 0.5) is 0 Å². The maximum Gasteiger partial charge on any atom is 0.328 e. The number of methoxy groups -OCH3 is 1. The van der Waals surface area contributed by atoms with Crippen LogP contribution in [0, 0.1) is 5.92 Å². The highest BCUT2D eigenvalue weighted by Crippen LogP contribution is 2.21. The molecule has 0 bridgehead atoms. The van der Waals surface area contributed by atoms with Crippen molar-refractivity contribution in [2.45, 2.75) is 26.8 Å². The summed E-state index contributed by atoms with van der Waals surface area (Å²) < 4.78 is 5.26. The van der Waals surface area contributed by atoms with E-state index in [-0.39, 0.29) is 0 Å². The first-order valence-electron chi connectivity index (χ1n) is 7.22. The molecule has 0 aromatic heterocycles. The number of benzene rings is 1. The predicted molar refractivity (Wildman–Crippen MR) is 85.5 cm³/mol. The third-order valence-corrected chi connectivity index (χ3v) is 3.52. The van der Waals surface area contributed by atoms with E-state index in [4.69, 9.17) is 9.84 Å². The van der Waals surface area contributed by atoms with Gasteiger partial charge in [-0.2, -0.15) is 0 Å². The second kappa shape index (κ2) is 8.47.